The van der Waals surface area contributed by atoms with Crippen LogP contribution in [0.5, 0.6) is 11.5 Å². The Hall–Kier alpha value is -2.17. The SMILES string of the molecule is Cc1ccc(-c2cnoc2N)c(O)c1O. The van der Waals surface area contributed by atoms with E-state index in [2.05, 4.69) is 9.68 Å². The predicted molar refractivity (Wildman–Crippen MR) is 54.4 cm³/mol. The van der Waals surface area contributed by atoms with Gasteiger partial charge in [0.2, 0.25) is 5.88 Å². The Morgan fingerprint density at radius 3 is 2.53 bits per heavy atom. The van der Waals surface area contributed by atoms with Crippen molar-refractivity contribution in [2.75, 3.05) is 5.73 Å². The summed E-state index contributed by atoms with van der Waals surface area (Å²) in [4.78, 5) is 0. The molecule has 0 radical (unpaired) electrons. The third-order valence-electron chi connectivity index (χ3n) is 2.24. The van der Waals surface area contributed by atoms with Crippen LogP contribution in [0.15, 0.2) is 22.9 Å². The Balaban J connectivity index is 2.65. The predicted octanol–water partition coefficient (Wildman–Crippen LogP) is 1.64. The van der Waals surface area contributed by atoms with Crippen LogP contribution in [0.3, 0.4) is 0 Å². The number of aromatic hydroxyl groups is 2. The van der Waals surface area contributed by atoms with Crippen LogP contribution in [0, 0.1) is 6.92 Å². The molecule has 0 amide bonds. The number of rotatable bonds is 1. The minimum Gasteiger partial charge on any atom is -0.504 e. The van der Waals surface area contributed by atoms with Crippen LogP contribution < -0.4 is 5.73 Å². The number of aromatic nitrogens is 1. The van der Waals surface area contributed by atoms with Crippen molar-refractivity contribution in [2.45, 2.75) is 6.92 Å². The monoisotopic (exact) mass is 206 g/mol. The van der Waals surface area contributed by atoms with Gasteiger partial charge in [0.05, 0.1) is 11.8 Å². The summed E-state index contributed by atoms with van der Waals surface area (Å²) in [5.41, 5.74) is 6.96. The minimum absolute atomic E-state index is 0.105. The number of nitrogen functional groups attached to an aromatic ring is 1. The maximum absolute atomic E-state index is 9.70. The fourth-order valence-electron chi connectivity index (χ4n) is 1.35. The van der Waals surface area contributed by atoms with E-state index in [1.165, 1.54) is 6.20 Å². The smallest absolute Gasteiger partial charge is 0.230 e. The number of anilines is 1. The van der Waals surface area contributed by atoms with Crippen LogP contribution in [0.1, 0.15) is 5.56 Å². The van der Waals surface area contributed by atoms with Gasteiger partial charge in [-0.3, -0.25) is 0 Å². The van der Waals surface area contributed by atoms with E-state index in [1.54, 1.807) is 19.1 Å². The summed E-state index contributed by atoms with van der Waals surface area (Å²) >= 11 is 0. The molecule has 5 heteroatoms. The number of hydrogen-bond donors (Lipinski definition) is 3. The lowest BCUT2D eigenvalue weighted by molar-refractivity contribution is 0.402. The summed E-state index contributed by atoms with van der Waals surface area (Å²) in [7, 11) is 0. The van der Waals surface area contributed by atoms with Gasteiger partial charge in [0.25, 0.3) is 0 Å². The van der Waals surface area contributed by atoms with Crippen LogP contribution in [0.4, 0.5) is 5.88 Å². The largest absolute Gasteiger partial charge is 0.504 e. The lowest BCUT2D eigenvalue weighted by atomic mass is 10.0. The Morgan fingerprint density at radius 1 is 1.20 bits per heavy atom. The van der Waals surface area contributed by atoms with Crippen molar-refractivity contribution >= 4 is 5.88 Å². The van der Waals surface area contributed by atoms with Crippen LogP contribution in [0.2, 0.25) is 0 Å². The Labute approximate surface area is 85.7 Å². The second-order valence-electron chi connectivity index (χ2n) is 3.23. The topological polar surface area (TPSA) is 92.5 Å². The Kier molecular flexibility index (Phi) is 2.00. The molecule has 0 unspecified atom stereocenters. The van der Waals surface area contributed by atoms with Gasteiger partial charge in [-0.25, -0.2) is 0 Å². The van der Waals surface area contributed by atoms with Crippen LogP contribution >= 0.6 is 0 Å². The first-order chi connectivity index (χ1) is 7.11. The highest BCUT2D eigenvalue weighted by molar-refractivity contribution is 5.79. The highest BCUT2D eigenvalue weighted by Crippen LogP contribution is 2.40. The van der Waals surface area contributed by atoms with Gasteiger partial charge in [-0.15, -0.1) is 0 Å². The summed E-state index contributed by atoms with van der Waals surface area (Å²) < 4.78 is 4.68. The molecule has 5 nitrogen and oxygen atoms in total. The zero-order valence-electron chi connectivity index (χ0n) is 8.06. The van der Waals surface area contributed by atoms with E-state index >= 15 is 0 Å². The van der Waals surface area contributed by atoms with Gasteiger partial charge in [0.1, 0.15) is 0 Å². The van der Waals surface area contributed by atoms with Gasteiger partial charge in [0, 0.05) is 5.56 Å². The molecule has 1 aromatic heterocycles. The Morgan fingerprint density at radius 2 is 1.93 bits per heavy atom. The van der Waals surface area contributed by atoms with Crippen molar-refractivity contribution in [1.29, 1.82) is 0 Å². The van der Waals surface area contributed by atoms with Crippen molar-refractivity contribution in [3.63, 3.8) is 0 Å². The molecule has 2 rings (SSSR count). The highest BCUT2D eigenvalue weighted by Gasteiger charge is 2.15. The van der Waals surface area contributed by atoms with Gasteiger partial charge in [-0.05, 0) is 18.6 Å². The average molecular weight is 206 g/mol. The molecule has 0 aliphatic carbocycles. The molecule has 0 saturated carbocycles. The molecule has 1 heterocycles. The number of phenolic OH excluding ortho intramolecular Hbond substituents is 2. The first-order valence-electron chi connectivity index (χ1n) is 4.33. The molecule has 2 aromatic rings. The standard InChI is InChI=1S/C10H10N2O3/c1-5-2-3-6(9(14)8(5)13)7-4-12-15-10(7)11/h2-4,13-14H,11H2,1H3. The molecular formula is C10H10N2O3. The number of hydrogen-bond acceptors (Lipinski definition) is 5. The van der Waals surface area contributed by atoms with Gasteiger partial charge < -0.3 is 20.5 Å². The second-order valence-corrected chi connectivity index (χ2v) is 3.23. The summed E-state index contributed by atoms with van der Waals surface area (Å²) in [6.45, 7) is 1.69. The maximum Gasteiger partial charge on any atom is 0.230 e. The van der Waals surface area contributed by atoms with Crippen LogP contribution in [0.25, 0.3) is 11.1 Å². The molecule has 0 aliphatic heterocycles. The first kappa shape index (κ1) is 9.39. The molecule has 0 bridgehead atoms. The third-order valence-corrected chi connectivity index (χ3v) is 2.24. The quantitative estimate of drug-likeness (QED) is 0.617. The van der Waals surface area contributed by atoms with Crippen molar-refractivity contribution < 1.29 is 14.7 Å². The number of benzene rings is 1. The van der Waals surface area contributed by atoms with Crippen molar-refractivity contribution in [1.82, 2.24) is 5.16 Å². The van der Waals surface area contributed by atoms with Gasteiger partial charge >= 0.3 is 0 Å². The second kappa shape index (κ2) is 3.20. The molecule has 78 valence electrons. The molecule has 0 saturated heterocycles. The fraction of sp³-hybridized carbons (Fsp3) is 0.100. The average Bonchev–Trinajstić information content (AvgIpc) is 2.62. The highest BCUT2D eigenvalue weighted by atomic mass is 16.5. The summed E-state index contributed by atoms with van der Waals surface area (Å²) in [5.74, 6) is -0.272. The molecule has 0 aliphatic rings. The molecule has 0 fully saturated rings. The lowest BCUT2D eigenvalue weighted by Crippen LogP contribution is -1.86. The number of phenols is 2. The maximum atomic E-state index is 9.70. The minimum atomic E-state index is -0.218. The zero-order chi connectivity index (χ0) is 11.0. The number of aryl methyl sites for hydroxylation is 1. The van der Waals surface area contributed by atoms with E-state index in [9.17, 15) is 10.2 Å². The molecule has 4 N–H and O–H groups in total. The summed E-state index contributed by atoms with van der Waals surface area (Å²) in [5, 5.41) is 22.7. The molecule has 1 aromatic carbocycles. The summed E-state index contributed by atoms with van der Waals surface area (Å²) in [6.07, 6.45) is 1.39. The van der Waals surface area contributed by atoms with E-state index in [1.807, 2.05) is 0 Å². The first-order valence-corrected chi connectivity index (χ1v) is 4.33. The Bertz CT molecular complexity index is 505. The number of nitrogens with zero attached hydrogens (tertiary/aromatic N) is 1. The summed E-state index contributed by atoms with van der Waals surface area (Å²) in [6, 6.07) is 3.32. The van der Waals surface area contributed by atoms with E-state index in [4.69, 9.17) is 5.73 Å². The van der Waals surface area contributed by atoms with E-state index < -0.39 is 0 Å². The molecule has 15 heavy (non-hydrogen) atoms. The normalized spacial score (nSPS) is 10.5. The fourth-order valence-corrected chi connectivity index (χ4v) is 1.35. The molecule has 0 atom stereocenters. The van der Waals surface area contributed by atoms with Gasteiger partial charge in [-0.1, -0.05) is 11.2 Å². The van der Waals surface area contributed by atoms with Crippen molar-refractivity contribution in [3.05, 3.63) is 23.9 Å². The van der Waals surface area contributed by atoms with Crippen LogP contribution in [-0.2, 0) is 0 Å². The van der Waals surface area contributed by atoms with E-state index in [-0.39, 0.29) is 17.4 Å². The van der Waals surface area contributed by atoms with E-state index in [0.29, 0.717) is 16.7 Å². The van der Waals surface area contributed by atoms with Crippen molar-refractivity contribution in [3.8, 4) is 22.6 Å². The van der Waals surface area contributed by atoms with Gasteiger partial charge in [-0.2, -0.15) is 0 Å². The number of nitrogens with two attached hydrogens (primary N) is 1. The zero-order valence-corrected chi connectivity index (χ0v) is 8.06. The lowest BCUT2D eigenvalue weighted by Gasteiger charge is -2.06. The van der Waals surface area contributed by atoms with Gasteiger partial charge in [0.15, 0.2) is 11.5 Å². The molecule has 0 spiro atoms. The van der Waals surface area contributed by atoms with Crippen molar-refractivity contribution in [2.24, 2.45) is 0 Å². The van der Waals surface area contributed by atoms with Crippen LogP contribution in [-0.4, -0.2) is 15.4 Å². The molecular weight excluding hydrogens is 196 g/mol. The van der Waals surface area contributed by atoms with E-state index in [0.717, 1.165) is 0 Å². The third kappa shape index (κ3) is 1.38.